The Morgan fingerprint density at radius 1 is 0.486 bits per heavy atom. The monoisotopic (exact) mass is 567 g/mol. The maximum absolute atomic E-state index is 4.14. The zero-order valence-corrected chi connectivity index (χ0v) is 22.5. The zero-order valence-electron chi connectivity index (χ0n) is 19.5. The van der Waals surface area contributed by atoms with Crippen LogP contribution in [0.3, 0.4) is 0 Å². The molecule has 4 rings (SSSR count). The number of nitrogens with zero attached hydrogens (tertiary/aromatic N) is 6. The van der Waals surface area contributed by atoms with Gasteiger partial charge in [0.15, 0.2) is 0 Å². The van der Waals surface area contributed by atoms with Crippen LogP contribution >= 0.6 is 0 Å². The standard InChI is InChI=1S/2C13H12N4S.Mn/c2*18-13(16-14-11-7-3-1-4-8-11)17-15-12-9-5-2-6-10-12;/h2*1-10H,(H2,14,15,16,17,18);/q;;+2. The fraction of sp³-hybridized carbons (Fsp3) is 0. The van der Waals surface area contributed by atoms with Gasteiger partial charge in [-0.05, 0) is 24.3 Å². The summed E-state index contributed by atoms with van der Waals surface area (Å²) in [5.74, 6) is 0. The molecule has 0 spiro atoms. The Morgan fingerprint density at radius 2 is 0.784 bits per heavy atom. The average Bonchev–Trinajstić information content (AvgIpc) is 2.95. The first-order valence-electron chi connectivity index (χ1n) is 10.8. The summed E-state index contributed by atoms with van der Waals surface area (Å²) in [7, 11) is 0. The van der Waals surface area contributed by atoms with E-state index in [1.807, 2.05) is 121 Å². The molecule has 4 aromatic rings. The van der Waals surface area contributed by atoms with Crippen LogP contribution in [0.2, 0.25) is 0 Å². The number of hydrogen-bond donors (Lipinski definition) is 2. The summed E-state index contributed by atoms with van der Waals surface area (Å²) in [5, 5.41) is 16.5. The van der Waals surface area contributed by atoms with Crippen LogP contribution in [0, 0.1) is 0 Å². The van der Waals surface area contributed by atoms with Gasteiger partial charge in [-0.15, -0.1) is 21.6 Å². The number of azo groups is 2. The molecule has 0 aliphatic heterocycles. The van der Waals surface area contributed by atoms with Crippen molar-refractivity contribution in [2.45, 2.75) is 0 Å². The fourth-order valence-corrected chi connectivity index (χ4v) is 2.67. The van der Waals surface area contributed by atoms with Crippen LogP contribution in [-0.4, -0.2) is 10.2 Å². The van der Waals surface area contributed by atoms with E-state index in [0.29, 0.717) is 10.2 Å². The van der Waals surface area contributed by atoms with E-state index in [4.69, 9.17) is 0 Å². The Bertz CT molecular complexity index is 1160. The van der Waals surface area contributed by atoms with Crippen LogP contribution in [0.15, 0.2) is 142 Å². The van der Waals surface area contributed by atoms with Crippen molar-refractivity contribution in [1.82, 2.24) is 10.9 Å². The summed E-state index contributed by atoms with van der Waals surface area (Å²) < 4.78 is 0. The summed E-state index contributed by atoms with van der Waals surface area (Å²) >= 11 is 8.28. The van der Waals surface area contributed by atoms with Gasteiger partial charge < -0.3 is 10.9 Å². The summed E-state index contributed by atoms with van der Waals surface area (Å²) in [6.45, 7) is 0. The van der Waals surface area contributed by atoms with Gasteiger partial charge in [0.05, 0.1) is 11.4 Å². The molecule has 0 aliphatic carbocycles. The van der Waals surface area contributed by atoms with E-state index in [-0.39, 0.29) is 17.1 Å². The van der Waals surface area contributed by atoms with E-state index >= 15 is 0 Å². The van der Waals surface area contributed by atoms with Crippen molar-refractivity contribution in [3.05, 3.63) is 132 Å². The third-order valence-corrected chi connectivity index (χ3v) is 4.49. The molecular weight excluding hydrogens is 543 g/mol. The van der Waals surface area contributed by atoms with Gasteiger partial charge in [0.25, 0.3) is 0 Å². The Kier molecular flexibility index (Phi) is 14.1. The quantitative estimate of drug-likeness (QED) is 0.0677. The van der Waals surface area contributed by atoms with E-state index in [2.05, 4.69) is 66.6 Å². The second-order valence-electron chi connectivity index (χ2n) is 6.84. The molecule has 11 heteroatoms. The molecule has 0 unspecified atom stereocenters. The van der Waals surface area contributed by atoms with Crippen LogP contribution in [0.4, 0.5) is 22.7 Å². The van der Waals surface area contributed by atoms with E-state index in [1.54, 1.807) is 0 Å². The molecule has 0 amide bonds. The third kappa shape index (κ3) is 12.7. The Labute approximate surface area is 237 Å². The molecule has 0 heterocycles. The summed E-state index contributed by atoms with van der Waals surface area (Å²) in [6, 6.07) is 37.9. The second-order valence-corrected chi connectivity index (χ2v) is 7.68. The molecule has 2 N–H and O–H groups in total. The minimum atomic E-state index is 0. The summed E-state index contributed by atoms with van der Waals surface area (Å²) in [6.07, 6.45) is 0. The molecule has 0 bridgehead atoms. The molecule has 0 atom stereocenters. The maximum Gasteiger partial charge on any atom is 2.00 e. The van der Waals surface area contributed by atoms with Crippen LogP contribution in [-0.2, 0) is 41.5 Å². The number of rotatable bonds is 6. The zero-order chi connectivity index (χ0) is 25.3. The van der Waals surface area contributed by atoms with Crippen molar-refractivity contribution in [2.24, 2.45) is 20.5 Å². The molecule has 0 fully saturated rings. The normalized spacial score (nSPS) is 10.2. The van der Waals surface area contributed by atoms with E-state index in [1.165, 1.54) is 0 Å². The predicted molar refractivity (Wildman–Crippen MR) is 155 cm³/mol. The summed E-state index contributed by atoms with van der Waals surface area (Å²) in [5.41, 5.74) is 16.8. The van der Waals surface area contributed by atoms with E-state index in [9.17, 15) is 0 Å². The first kappa shape index (κ1) is 29.5. The molecule has 0 aromatic heterocycles. The van der Waals surface area contributed by atoms with Crippen molar-refractivity contribution in [2.75, 3.05) is 0 Å². The molecule has 4 aromatic carbocycles. The van der Waals surface area contributed by atoms with Gasteiger partial charge in [-0.2, -0.15) is 0 Å². The molecule has 0 aliphatic rings. The minimum Gasteiger partial charge on any atom is -0.613 e. The number of hydrogen-bond acceptors (Lipinski definition) is 2. The van der Waals surface area contributed by atoms with Crippen LogP contribution in [0.25, 0.3) is 10.9 Å². The number of para-hydroxylation sites is 2. The van der Waals surface area contributed by atoms with Crippen molar-refractivity contribution >= 4 is 57.4 Å². The SMILES string of the molecule is [Mn+2].[SH+]=C(N=Nc1ccccc1)N[N-]c1ccccc1.[SH+]=C(N=Nc1ccccc1)N[N-]c1ccccc1. The molecular formula is C26H24MnN8S2+2. The number of nitrogens with one attached hydrogen (secondary N) is 2. The second kappa shape index (κ2) is 17.7. The molecule has 0 saturated carbocycles. The molecule has 8 nitrogen and oxygen atoms in total. The van der Waals surface area contributed by atoms with Crippen molar-refractivity contribution in [3.8, 4) is 0 Å². The first-order chi connectivity index (χ1) is 17.7. The van der Waals surface area contributed by atoms with Gasteiger partial charge in [-0.1, -0.05) is 107 Å². The van der Waals surface area contributed by atoms with Gasteiger partial charge in [-0.3, -0.25) is 10.9 Å². The largest absolute Gasteiger partial charge is 2.00 e. The van der Waals surface area contributed by atoms with E-state index < -0.39 is 0 Å². The number of thiol groups is 2. The molecule has 37 heavy (non-hydrogen) atoms. The number of benzene rings is 4. The van der Waals surface area contributed by atoms with Gasteiger partial charge in [-0.25, -0.2) is 0 Å². The van der Waals surface area contributed by atoms with Gasteiger partial charge in [0.2, 0.25) is 24.4 Å². The summed E-state index contributed by atoms with van der Waals surface area (Å²) in [4.78, 5) is 0. The van der Waals surface area contributed by atoms with E-state index in [0.717, 1.165) is 22.7 Å². The van der Waals surface area contributed by atoms with Crippen molar-refractivity contribution in [3.63, 3.8) is 0 Å². The van der Waals surface area contributed by atoms with Crippen LogP contribution in [0.1, 0.15) is 0 Å². The fourth-order valence-electron chi connectivity index (χ4n) is 2.48. The maximum atomic E-state index is 4.14. The van der Waals surface area contributed by atoms with Crippen molar-refractivity contribution in [1.29, 1.82) is 0 Å². The minimum absolute atomic E-state index is 0. The molecule has 1 radical (unpaired) electrons. The topological polar surface area (TPSA) is 102 Å². The Hall–Kier alpha value is -3.70. The van der Waals surface area contributed by atoms with Crippen LogP contribution < -0.4 is 10.9 Å². The molecule has 185 valence electrons. The Balaban J connectivity index is 0.000000253. The van der Waals surface area contributed by atoms with Crippen molar-refractivity contribution < 1.29 is 17.1 Å². The van der Waals surface area contributed by atoms with Gasteiger partial charge in [0, 0.05) is 0 Å². The molecule has 0 saturated heterocycles. The third-order valence-electron chi connectivity index (χ3n) is 4.12. The van der Waals surface area contributed by atoms with Gasteiger partial charge >= 0.3 is 27.3 Å². The Morgan fingerprint density at radius 3 is 1.11 bits per heavy atom. The van der Waals surface area contributed by atoms with Crippen LogP contribution in [0.5, 0.6) is 0 Å². The first-order valence-corrected chi connectivity index (χ1v) is 11.7. The smallest absolute Gasteiger partial charge is 0.613 e. The average molecular weight is 568 g/mol. The van der Waals surface area contributed by atoms with Gasteiger partial charge in [0.1, 0.15) is 0 Å². The predicted octanol–water partition coefficient (Wildman–Crippen LogP) is 6.69.